The van der Waals surface area contributed by atoms with Crippen molar-refractivity contribution in [3.05, 3.63) is 240 Å². The van der Waals surface area contributed by atoms with Gasteiger partial charge in [0.15, 0.2) is 0 Å². The average molecular weight is 765 g/mol. The van der Waals surface area contributed by atoms with Crippen molar-refractivity contribution < 1.29 is 0 Å². The van der Waals surface area contributed by atoms with Crippen LogP contribution >= 0.6 is 0 Å². The minimum Gasteiger partial charge on any atom is -0.310 e. The SMILES string of the molecule is CC1(C)c2ccccc2-c2ccc(-c3cccc(N(c4ccccc4)c4ccc5c(c4)-c4ccccc4C54c5ccccc5-n5c6ccccc6c6cccc4c65)c3)cc21. The number of rotatable bonds is 4. The van der Waals surface area contributed by atoms with Gasteiger partial charge in [-0.1, -0.05) is 166 Å². The molecule has 0 amide bonds. The summed E-state index contributed by atoms with van der Waals surface area (Å²) in [5.74, 6) is 0. The molecule has 1 atom stereocenters. The quantitative estimate of drug-likeness (QED) is 0.173. The molecule has 2 heteroatoms. The summed E-state index contributed by atoms with van der Waals surface area (Å²) in [6.07, 6.45) is 0. The molecule has 0 saturated carbocycles. The van der Waals surface area contributed by atoms with Crippen molar-refractivity contribution in [2.24, 2.45) is 0 Å². The van der Waals surface area contributed by atoms with E-state index in [0.29, 0.717) is 0 Å². The van der Waals surface area contributed by atoms with Gasteiger partial charge in [-0.2, -0.15) is 0 Å². The Morgan fingerprint density at radius 1 is 0.367 bits per heavy atom. The molecule has 2 aliphatic carbocycles. The summed E-state index contributed by atoms with van der Waals surface area (Å²) in [5, 5.41) is 2.59. The van der Waals surface area contributed by atoms with Crippen molar-refractivity contribution in [3.8, 4) is 39.1 Å². The number of hydrogen-bond acceptors (Lipinski definition) is 1. The molecule has 60 heavy (non-hydrogen) atoms. The molecular formula is C58H40N2. The molecule has 2 heterocycles. The number of hydrogen-bond donors (Lipinski definition) is 0. The van der Waals surface area contributed by atoms with Gasteiger partial charge in [-0.15, -0.1) is 0 Å². The van der Waals surface area contributed by atoms with Crippen LogP contribution in [0.15, 0.2) is 206 Å². The van der Waals surface area contributed by atoms with Crippen molar-refractivity contribution in [2.45, 2.75) is 24.7 Å². The molecule has 1 aromatic heterocycles. The number of benzene rings is 9. The normalized spacial score (nSPS) is 16.0. The van der Waals surface area contributed by atoms with Gasteiger partial charge in [-0.05, 0) is 121 Å². The van der Waals surface area contributed by atoms with Crippen LogP contribution in [0.2, 0.25) is 0 Å². The summed E-state index contributed by atoms with van der Waals surface area (Å²) in [6, 6.07) is 77.2. The van der Waals surface area contributed by atoms with Gasteiger partial charge in [-0.3, -0.25) is 0 Å². The minimum atomic E-state index is -0.483. The van der Waals surface area contributed by atoms with E-state index in [2.05, 4.69) is 230 Å². The van der Waals surface area contributed by atoms with Gasteiger partial charge in [0.05, 0.1) is 22.1 Å². The summed E-state index contributed by atoms with van der Waals surface area (Å²) in [7, 11) is 0. The van der Waals surface area contributed by atoms with Crippen molar-refractivity contribution in [3.63, 3.8) is 0 Å². The molecule has 3 aliphatic rings. The lowest BCUT2D eigenvalue weighted by Gasteiger charge is -2.39. The molecule has 0 fully saturated rings. The highest BCUT2D eigenvalue weighted by molar-refractivity contribution is 6.13. The van der Waals surface area contributed by atoms with Gasteiger partial charge in [-0.25, -0.2) is 0 Å². The van der Waals surface area contributed by atoms with Crippen LogP contribution in [-0.4, -0.2) is 4.57 Å². The van der Waals surface area contributed by atoms with Gasteiger partial charge in [0.2, 0.25) is 0 Å². The van der Waals surface area contributed by atoms with Crippen molar-refractivity contribution >= 4 is 38.9 Å². The topological polar surface area (TPSA) is 8.17 Å². The van der Waals surface area contributed by atoms with Gasteiger partial charge in [0.1, 0.15) is 0 Å². The Labute approximate surface area is 350 Å². The van der Waals surface area contributed by atoms with Crippen LogP contribution in [0.4, 0.5) is 17.1 Å². The van der Waals surface area contributed by atoms with E-state index >= 15 is 0 Å². The molecule has 1 spiro atoms. The Morgan fingerprint density at radius 2 is 0.967 bits per heavy atom. The molecule has 1 aliphatic heterocycles. The van der Waals surface area contributed by atoms with Gasteiger partial charge >= 0.3 is 0 Å². The minimum absolute atomic E-state index is 0.0609. The second-order valence-electron chi connectivity index (χ2n) is 17.2. The van der Waals surface area contributed by atoms with Gasteiger partial charge in [0.25, 0.3) is 0 Å². The third kappa shape index (κ3) is 4.27. The largest absolute Gasteiger partial charge is 0.310 e. The summed E-state index contributed by atoms with van der Waals surface area (Å²) in [5.41, 5.74) is 22.4. The van der Waals surface area contributed by atoms with E-state index < -0.39 is 5.41 Å². The fourth-order valence-electron chi connectivity index (χ4n) is 11.4. The van der Waals surface area contributed by atoms with Crippen LogP contribution < -0.4 is 4.90 Å². The van der Waals surface area contributed by atoms with Crippen molar-refractivity contribution in [1.29, 1.82) is 0 Å². The maximum Gasteiger partial charge on any atom is 0.0754 e. The lowest BCUT2D eigenvalue weighted by atomic mass is 9.65. The van der Waals surface area contributed by atoms with Gasteiger partial charge < -0.3 is 9.47 Å². The van der Waals surface area contributed by atoms with E-state index in [9.17, 15) is 0 Å². The second kappa shape index (κ2) is 12.1. The van der Waals surface area contributed by atoms with Crippen LogP contribution in [0.25, 0.3) is 60.9 Å². The lowest BCUT2D eigenvalue weighted by Crippen LogP contribution is -2.33. The summed E-state index contributed by atoms with van der Waals surface area (Å²) < 4.78 is 2.51. The lowest BCUT2D eigenvalue weighted by molar-refractivity contribution is 0.660. The van der Waals surface area contributed by atoms with Crippen molar-refractivity contribution in [1.82, 2.24) is 4.57 Å². The van der Waals surface area contributed by atoms with E-state index in [0.717, 1.165) is 17.1 Å². The number of aromatic nitrogens is 1. The molecule has 9 aromatic carbocycles. The van der Waals surface area contributed by atoms with E-state index in [-0.39, 0.29) is 5.41 Å². The van der Waals surface area contributed by atoms with Crippen LogP contribution in [0.1, 0.15) is 47.2 Å². The molecule has 10 aromatic rings. The molecular weight excluding hydrogens is 725 g/mol. The maximum atomic E-state index is 2.51. The summed E-state index contributed by atoms with van der Waals surface area (Å²) in [4.78, 5) is 2.43. The fraction of sp³-hybridized carbons (Fsp3) is 0.0690. The highest BCUT2D eigenvalue weighted by Gasteiger charge is 2.51. The monoisotopic (exact) mass is 764 g/mol. The van der Waals surface area contributed by atoms with E-state index in [1.165, 1.54) is 94.3 Å². The first-order valence-corrected chi connectivity index (χ1v) is 21.1. The predicted octanol–water partition coefficient (Wildman–Crippen LogP) is 14.9. The summed E-state index contributed by atoms with van der Waals surface area (Å²) >= 11 is 0. The molecule has 282 valence electrons. The molecule has 0 N–H and O–H groups in total. The zero-order valence-corrected chi connectivity index (χ0v) is 33.5. The maximum absolute atomic E-state index is 2.51. The highest BCUT2D eigenvalue weighted by Crippen LogP contribution is 2.61. The molecule has 13 rings (SSSR count). The number of fused-ring (bicyclic) bond motifs is 15. The Kier molecular flexibility index (Phi) is 6.74. The Morgan fingerprint density at radius 3 is 1.83 bits per heavy atom. The number of anilines is 3. The van der Waals surface area contributed by atoms with Gasteiger partial charge in [0, 0.05) is 33.2 Å². The van der Waals surface area contributed by atoms with Crippen LogP contribution in [0.5, 0.6) is 0 Å². The number of para-hydroxylation sites is 4. The molecule has 2 nitrogen and oxygen atoms in total. The molecule has 0 radical (unpaired) electrons. The first-order valence-electron chi connectivity index (χ1n) is 21.1. The Bertz CT molecular complexity index is 3420. The third-order valence-electron chi connectivity index (χ3n) is 14.0. The standard InChI is InChI=1S/C58H40N2/c1-57(2)48-24-9-6-20-42(48)44-32-30-38(35-53(44)57)37-16-14-19-40(34-37)59(39-17-4-3-5-18-39)41-31-33-50-47(36-41)43-21-7-10-25-49(43)58(50)51-26-11-13-29-55(51)60-54-28-12-8-22-45(54)46-23-15-27-52(58)56(46)60/h3-36H,1-2H3. The first kappa shape index (κ1) is 33.5. The second-order valence-corrected chi connectivity index (χ2v) is 17.2. The first-order chi connectivity index (χ1) is 29.5. The molecule has 0 bridgehead atoms. The zero-order valence-electron chi connectivity index (χ0n) is 33.5. The Balaban J connectivity index is 1.01. The smallest absolute Gasteiger partial charge is 0.0754 e. The van der Waals surface area contributed by atoms with E-state index in [1.54, 1.807) is 0 Å². The Hall–Kier alpha value is -7.42. The fourth-order valence-corrected chi connectivity index (χ4v) is 11.4. The van der Waals surface area contributed by atoms with Crippen LogP contribution in [0, 0.1) is 0 Å². The molecule has 0 saturated heterocycles. The average Bonchev–Trinajstić information content (AvgIpc) is 3.88. The summed E-state index contributed by atoms with van der Waals surface area (Å²) in [6.45, 7) is 4.72. The molecule has 1 unspecified atom stereocenters. The number of nitrogens with zero attached hydrogens (tertiary/aromatic N) is 2. The van der Waals surface area contributed by atoms with Crippen LogP contribution in [-0.2, 0) is 10.8 Å². The predicted molar refractivity (Wildman–Crippen MR) is 249 cm³/mol. The van der Waals surface area contributed by atoms with Crippen molar-refractivity contribution in [2.75, 3.05) is 4.90 Å². The zero-order chi connectivity index (χ0) is 39.7. The highest BCUT2D eigenvalue weighted by atomic mass is 15.1. The van der Waals surface area contributed by atoms with E-state index in [1.807, 2.05) is 0 Å². The van der Waals surface area contributed by atoms with Crippen LogP contribution in [0.3, 0.4) is 0 Å². The third-order valence-corrected chi connectivity index (χ3v) is 14.0. The van der Waals surface area contributed by atoms with E-state index in [4.69, 9.17) is 0 Å².